The van der Waals surface area contributed by atoms with Crippen molar-refractivity contribution in [1.82, 2.24) is 20.2 Å². The third kappa shape index (κ3) is 2.51. The molecular weight excluding hydrogens is 300 g/mol. The van der Waals surface area contributed by atoms with Gasteiger partial charge in [-0.25, -0.2) is 4.79 Å². The number of H-pyrrole nitrogens is 2. The van der Waals surface area contributed by atoms with Gasteiger partial charge < -0.3 is 15.0 Å². The van der Waals surface area contributed by atoms with Gasteiger partial charge >= 0.3 is 5.69 Å². The van der Waals surface area contributed by atoms with Gasteiger partial charge in [0.2, 0.25) is 0 Å². The lowest BCUT2D eigenvalue weighted by molar-refractivity contribution is -0.0747. The van der Waals surface area contributed by atoms with Gasteiger partial charge in [0.25, 0.3) is 11.5 Å². The van der Waals surface area contributed by atoms with E-state index in [4.69, 9.17) is 4.74 Å². The molecule has 1 aromatic heterocycles. The Kier molecular flexibility index (Phi) is 3.57. The number of fused-ring (bicyclic) bond motifs is 1. The van der Waals surface area contributed by atoms with Gasteiger partial charge in [-0.3, -0.25) is 19.5 Å². The molecule has 3 fully saturated rings. The minimum atomic E-state index is -0.672. The van der Waals surface area contributed by atoms with E-state index < -0.39 is 17.2 Å². The van der Waals surface area contributed by atoms with Crippen molar-refractivity contribution in [1.29, 1.82) is 0 Å². The van der Waals surface area contributed by atoms with Crippen molar-refractivity contribution in [2.75, 3.05) is 19.7 Å². The molecule has 1 aliphatic carbocycles. The monoisotopic (exact) mass is 320 g/mol. The Labute approximate surface area is 132 Å². The van der Waals surface area contributed by atoms with Crippen LogP contribution in [0.25, 0.3) is 0 Å². The molecule has 3 heterocycles. The lowest BCUT2D eigenvalue weighted by Crippen LogP contribution is -2.70. The molecule has 4 rings (SSSR count). The maximum Gasteiger partial charge on any atom is 0.326 e. The molecule has 1 amide bonds. The average molecular weight is 320 g/mol. The summed E-state index contributed by atoms with van der Waals surface area (Å²) < 4.78 is 5.83. The average Bonchev–Trinajstić information content (AvgIpc) is 3.14. The van der Waals surface area contributed by atoms with E-state index in [-0.39, 0.29) is 23.9 Å². The van der Waals surface area contributed by atoms with E-state index in [1.165, 1.54) is 12.8 Å². The van der Waals surface area contributed by atoms with E-state index in [0.717, 1.165) is 32.2 Å². The highest BCUT2D eigenvalue weighted by Crippen LogP contribution is 2.42. The van der Waals surface area contributed by atoms with Crippen LogP contribution < -0.4 is 16.6 Å². The summed E-state index contributed by atoms with van der Waals surface area (Å²) >= 11 is 0. The van der Waals surface area contributed by atoms with Gasteiger partial charge in [0, 0.05) is 18.6 Å². The smallest absolute Gasteiger partial charge is 0.326 e. The molecule has 8 heteroatoms. The number of ether oxygens (including phenoxy) is 1. The minimum absolute atomic E-state index is 0.00119. The zero-order valence-electron chi connectivity index (χ0n) is 12.7. The number of aromatic amines is 2. The van der Waals surface area contributed by atoms with Crippen LogP contribution >= 0.6 is 0 Å². The lowest BCUT2D eigenvalue weighted by Gasteiger charge is -2.51. The van der Waals surface area contributed by atoms with E-state index in [1.807, 2.05) is 0 Å². The molecule has 3 N–H and O–H groups in total. The molecule has 1 aromatic rings. The van der Waals surface area contributed by atoms with Gasteiger partial charge in [-0.1, -0.05) is 0 Å². The van der Waals surface area contributed by atoms with Gasteiger partial charge in [-0.15, -0.1) is 0 Å². The number of carbonyl (C=O) groups is 1. The standard InChI is InChI=1S/C15H20N4O4/c20-10-7-9(16-15(22)17-10)14(21)18-11-8-3-6-23-13(8)12(11)19-4-1-2-5-19/h7-8,11-13H,1-6H2,(H,18,21)(H2,16,17,20,22)/t8-,11+,12-,13-/m1/s1. The van der Waals surface area contributed by atoms with Crippen LogP contribution in [0, 0.1) is 5.92 Å². The van der Waals surface area contributed by atoms with Crippen molar-refractivity contribution in [3.63, 3.8) is 0 Å². The number of rotatable bonds is 3. The highest BCUT2D eigenvalue weighted by molar-refractivity contribution is 5.92. The predicted octanol–water partition coefficient (Wildman–Crippen LogP) is -0.955. The second kappa shape index (κ2) is 5.61. The summed E-state index contributed by atoms with van der Waals surface area (Å²) in [7, 11) is 0. The van der Waals surface area contributed by atoms with Crippen LogP contribution in [0.5, 0.6) is 0 Å². The molecule has 0 aromatic carbocycles. The third-order valence-corrected chi connectivity index (χ3v) is 5.21. The zero-order chi connectivity index (χ0) is 16.0. The fourth-order valence-electron chi connectivity index (χ4n) is 4.16. The molecule has 0 spiro atoms. The first-order valence-corrected chi connectivity index (χ1v) is 8.14. The maximum atomic E-state index is 12.4. The molecule has 3 aliphatic rings. The summed E-state index contributed by atoms with van der Waals surface area (Å²) in [4.78, 5) is 41.9. The molecule has 1 saturated carbocycles. The Morgan fingerprint density at radius 1 is 1.26 bits per heavy atom. The lowest BCUT2D eigenvalue weighted by atomic mass is 9.70. The molecule has 4 atom stereocenters. The number of aromatic nitrogens is 2. The first-order chi connectivity index (χ1) is 11.1. The largest absolute Gasteiger partial charge is 0.376 e. The van der Waals surface area contributed by atoms with Crippen molar-refractivity contribution < 1.29 is 9.53 Å². The van der Waals surface area contributed by atoms with Crippen LogP contribution in [-0.4, -0.2) is 58.7 Å². The van der Waals surface area contributed by atoms with Crippen molar-refractivity contribution >= 4 is 5.91 Å². The normalized spacial score (nSPS) is 33.2. The van der Waals surface area contributed by atoms with Crippen LogP contribution in [0.4, 0.5) is 0 Å². The first-order valence-electron chi connectivity index (χ1n) is 8.14. The van der Waals surface area contributed by atoms with E-state index in [0.29, 0.717) is 5.92 Å². The fourth-order valence-corrected chi connectivity index (χ4v) is 4.16. The molecule has 2 aliphatic heterocycles. The Balaban J connectivity index is 1.53. The van der Waals surface area contributed by atoms with Crippen molar-refractivity contribution in [3.8, 4) is 0 Å². The Morgan fingerprint density at radius 2 is 2.04 bits per heavy atom. The summed E-state index contributed by atoms with van der Waals surface area (Å²) in [5, 5.41) is 3.00. The van der Waals surface area contributed by atoms with E-state index in [2.05, 4.69) is 20.2 Å². The fraction of sp³-hybridized carbons (Fsp3) is 0.667. The molecule has 0 bridgehead atoms. The van der Waals surface area contributed by atoms with Gasteiger partial charge in [0.15, 0.2) is 0 Å². The summed E-state index contributed by atoms with van der Waals surface area (Å²) in [6, 6.07) is 1.32. The summed E-state index contributed by atoms with van der Waals surface area (Å²) in [6.45, 7) is 2.80. The van der Waals surface area contributed by atoms with E-state index in [1.54, 1.807) is 0 Å². The molecule has 2 saturated heterocycles. The van der Waals surface area contributed by atoms with E-state index in [9.17, 15) is 14.4 Å². The minimum Gasteiger partial charge on any atom is -0.376 e. The molecule has 0 unspecified atom stereocenters. The second-order valence-corrected chi connectivity index (χ2v) is 6.52. The summed E-state index contributed by atoms with van der Waals surface area (Å²) in [6.07, 6.45) is 3.48. The predicted molar refractivity (Wildman–Crippen MR) is 81.4 cm³/mol. The number of likely N-dealkylation sites (tertiary alicyclic amines) is 1. The van der Waals surface area contributed by atoms with Gasteiger partial charge in [0.05, 0.1) is 18.2 Å². The molecule has 8 nitrogen and oxygen atoms in total. The SMILES string of the molecule is O=C(N[C@H]1[C@H]2CCO[C@H]2[C@@H]1N1CCCC1)c1cc(=O)[nH]c(=O)[nH]1. The topological polar surface area (TPSA) is 107 Å². The maximum absolute atomic E-state index is 12.4. The van der Waals surface area contributed by atoms with Crippen LogP contribution in [0.3, 0.4) is 0 Å². The zero-order valence-corrected chi connectivity index (χ0v) is 12.7. The number of nitrogens with one attached hydrogen (secondary N) is 3. The summed E-state index contributed by atoms with van der Waals surface area (Å²) in [5.74, 6) is -0.0917. The highest BCUT2D eigenvalue weighted by atomic mass is 16.5. The number of hydrogen-bond donors (Lipinski definition) is 3. The first kappa shape index (κ1) is 14.6. The number of hydrogen-bond acceptors (Lipinski definition) is 5. The summed E-state index contributed by atoms with van der Waals surface area (Å²) in [5.41, 5.74) is -1.25. The molecule has 124 valence electrons. The van der Waals surface area contributed by atoms with Crippen LogP contribution in [0.15, 0.2) is 15.7 Å². The van der Waals surface area contributed by atoms with Crippen LogP contribution in [0.2, 0.25) is 0 Å². The van der Waals surface area contributed by atoms with Crippen molar-refractivity contribution in [2.45, 2.75) is 37.5 Å². The van der Waals surface area contributed by atoms with Crippen molar-refractivity contribution in [3.05, 3.63) is 32.6 Å². The van der Waals surface area contributed by atoms with Gasteiger partial charge in [-0.05, 0) is 32.4 Å². The number of amides is 1. The Bertz CT molecular complexity index is 688. The van der Waals surface area contributed by atoms with Crippen LogP contribution in [-0.2, 0) is 4.74 Å². The third-order valence-electron chi connectivity index (χ3n) is 5.21. The van der Waals surface area contributed by atoms with Gasteiger partial charge in [0.1, 0.15) is 5.69 Å². The Morgan fingerprint density at radius 3 is 2.78 bits per heavy atom. The highest BCUT2D eigenvalue weighted by Gasteiger charge is 2.56. The quantitative estimate of drug-likeness (QED) is 0.665. The number of carbonyl (C=O) groups excluding carboxylic acids is 1. The van der Waals surface area contributed by atoms with Crippen molar-refractivity contribution in [2.24, 2.45) is 5.92 Å². The molecular formula is C15H20N4O4. The van der Waals surface area contributed by atoms with Gasteiger partial charge in [-0.2, -0.15) is 0 Å². The second-order valence-electron chi connectivity index (χ2n) is 6.52. The van der Waals surface area contributed by atoms with E-state index >= 15 is 0 Å². The van der Waals surface area contributed by atoms with Crippen LogP contribution in [0.1, 0.15) is 29.8 Å². The Hall–Kier alpha value is -1.93. The number of nitrogens with zero attached hydrogens (tertiary/aromatic N) is 1. The molecule has 23 heavy (non-hydrogen) atoms. The molecule has 0 radical (unpaired) electrons.